The van der Waals surface area contributed by atoms with Gasteiger partial charge in [-0.25, -0.2) is 14.8 Å². The highest BCUT2D eigenvalue weighted by Gasteiger charge is 2.09. The summed E-state index contributed by atoms with van der Waals surface area (Å²) in [7, 11) is 1.37. The van der Waals surface area contributed by atoms with Crippen LogP contribution in [-0.2, 0) is 11.3 Å². The number of hydrogen-bond donors (Lipinski definition) is 2. The maximum Gasteiger partial charge on any atom is 0.338 e. The Bertz CT molecular complexity index is 713. The van der Waals surface area contributed by atoms with Gasteiger partial charge in [0, 0.05) is 12.6 Å². The Morgan fingerprint density at radius 2 is 2.14 bits per heavy atom. The first-order valence-corrected chi connectivity index (χ1v) is 6.69. The minimum absolute atomic E-state index is 0.335. The summed E-state index contributed by atoms with van der Waals surface area (Å²) in [5.41, 5.74) is 9.37. The second-order valence-electron chi connectivity index (χ2n) is 4.80. The quantitative estimate of drug-likeness (QED) is 0.820. The van der Waals surface area contributed by atoms with Crippen LogP contribution in [0.15, 0.2) is 37.2 Å². The van der Waals surface area contributed by atoms with Gasteiger partial charge in [0.2, 0.25) is 0 Å². The predicted octanol–water partition coefficient (Wildman–Crippen LogP) is 1.91. The number of nitrogen functional groups attached to an aromatic ring is 1. The number of methoxy groups -OCH3 is 1. The SMILES string of the molecule is C=C(NCc1ccc(C(=O)OC)c(C)c1)c1cc(N)ncn1. The summed E-state index contributed by atoms with van der Waals surface area (Å²) in [6.07, 6.45) is 1.40. The molecule has 1 heterocycles. The number of carbonyl (C=O) groups is 1. The van der Waals surface area contributed by atoms with E-state index in [9.17, 15) is 4.79 Å². The molecule has 1 aromatic carbocycles. The van der Waals surface area contributed by atoms with Gasteiger partial charge in [-0.3, -0.25) is 0 Å². The Kier molecular flexibility index (Phi) is 4.73. The number of benzene rings is 1. The Morgan fingerprint density at radius 3 is 2.77 bits per heavy atom. The average Bonchev–Trinajstić information content (AvgIpc) is 2.52. The summed E-state index contributed by atoms with van der Waals surface area (Å²) in [4.78, 5) is 19.5. The molecule has 0 saturated carbocycles. The van der Waals surface area contributed by atoms with E-state index in [1.165, 1.54) is 13.4 Å². The molecule has 1 aromatic heterocycles. The van der Waals surface area contributed by atoms with Crippen molar-refractivity contribution in [3.63, 3.8) is 0 Å². The van der Waals surface area contributed by atoms with Gasteiger partial charge in [-0.1, -0.05) is 18.7 Å². The molecule has 3 N–H and O–H groups in total. The summed E-state index contributed by atoms with van der Waals surface area (Å²) in [6.45, 7) is 6.36. The second kappa shape index (κ2) is 6.71. The Labute approximate surface area is 129 Å². The van der Waals surface area contributed by atoms with E-state index in [4.69, 9.17) is 10.5 Å². The van der Waals surface area contributed by atoms with Crippen molar-refractivity contribution >= 4 is 17.5 Å². The molecule has 0 saturated heterocycles. The number of ether oxygens (including phenoxy) is 1. The number of nitrogens with zero attached hydrogens (tertiary/aromatic N) is 2. The molecule has 114 valence electrons. The predicted molar refractivity (Wildman–Crippen MR) is 84.8 cm³/mol. The van der Waals surface area contributed by atoms with Crippen LogP contribution in [-0.4, -0.2) is 23.0 Å². The number of aryl methyl sites for hydroxylation is 1. The average molecular weight is 298 g/mol. The lowest BCUT2D eigenvalue weighted by Crippen LogP contribution is -2.13. The minimum atomic E-state index is -0.335. The highest BCUT2D eigenvalue weighted by atomic mass is 16.5. The number of rotatable bonds is 5. The number of anilines is 1. The van der Waals surface area contributed by atoms with Crippen LogP contribution in [0.4, 0.5) is 5.82 Å². The van der Waals surface area contributed by atoms with E-state index in [-0.39, 0.29) is 5.97 Å². The molecule has 0 fully saturated rings. The fourth-order valence-electron chi connectivity index (χ4n) is 2.01. The van der Waals surface area contributed by atoms with Crippen LogP contribution in [0.3, 0.4) is 0 Å². The molecule has 0 bridgehead atoms. The van der Waals surface area contributed by atoms with E-state index in [0.29, 0.717) is 29.3 Å². The number of nitrogens with one attached hydrogen (secondary N) is 1. The second-order valence-corrected chi connectivity index (χ2v) is 4.80. The molecule has 0 unspecified atom stereocenters. The van der Waals surface area contributed by atoms with Gasteiger partial charge in [0.15, 0.2) is 0 Å². The van der Waals surface area contributed by atoms with Crippen molar-refractivity contribution in [2.75, 3.05) is 12.8 Å². The minimum Gasteiger partial charge on any atom is -0.465 e. The third-order valence-corrected chi connectivity index (χ3v) is 3.20. The Morgan fingerprint density at radius 1 is 1.36 bits per heavy atom. The lowest BCUT2D eigenvalue weighted by Gasteiger charge is -2.11. The topological polar surface area (TPSA) is 90.1 Å². The van der Waals surface area contributed by atoms with Gasteiger partial charge in [-0.05, 0) is 24.1 Å². The van der Waals surface area contributed by atoms with E-state index in [1.54, 1.807) is 12.1 Å². The number of carbonyl (C=O) groups excluding carboxylic acids is 1. The summed E-state index contributed by atoms with van der Waals surface area (Å²) in [5.74, 6) is 0.0594. The summed E-state index contributed by atoms with van der Waals surface area (Å²) < 4.78 is 4.73. The van der Waals surface area contributed by atoms with Crippen molar-refractivity contribution in [3.8, 4) is 0 Å². The number of nitrogens with two attached hydrogens (primary N) is 1. The summed E-state index contributed by atoms with van der Waals surface area (Å²) in [5, 5.41) is 3.18. The van der Waals surface area contributed by atoms with Gasteiger partial charge in [0.1, 0.15) is 12.1 Å². The van der Waals surface area contributed by atoms with Crippen LogP contribution in [0.2, 0.25) is 0 Å². The van der Waals surface area contributed by atoms with E-state index >= 15 is 0 Å². The molecule has 0 aliphatic heterocycles. The normalized spacial score (nSPS) is 10.1. The van der Waals surface area contributed by atoms with Gasteiger partial charge >= 0.3 is 5.97 Å². The van der Waals surface area contributed by atoms with Crippen molar-refractivity contribution < 1.29 is 9.53 Å². The number of aromatic nitrogens is 2. The van der Waals surface area contributed by atoms with Crippen LogP contribution in [0.25, 0.3) is 5.70 Å². The van der Waals surface area contributed by atoms with E-state index in [0.717, 1.165) is 11.1 Å². The molecule has 6 nitrogen and oxygen atoms in total. The first-order chi connectivity index (χ1) is 10.5. The van der Waals surface area contributed by atoms with Crippen LogP contribution in [0.1, 0.15) is 27.2 Å². The highest BCUT2D eigenvalue weighted by molar-refractivity contribution is 5.90. The summed E-state index contributed by atoms with van der Waals surface area (Å²) >= 11 is 0. The molecular formula is C16H18N4O2. The fourth-order valence-corrected chi connectivity index (χ4v) is 2.01. The van der Waals surface area contributed by atoms with Crippen LogP contribution >= 0.6 is 0 Å². The first kappa shape index (κ1) is 15.5. The molecule has 0 aliphatic carbocycles. The third-order valence-electron chi connectivity index (χ3n) is 3.20. The largest absolute Gasteiger partial charge is 0.465 e. The highest BCUT2D eigenvalue weighted by Crippen LogP contribution is 2.14. The molecular weight excluding hydrogens is 280 g/mol. The van der Waals surface area contributed by atoms with Crippen molar-refractivity contribution in [3.05, 3.63) is 59.6 Å². The molecule has 2 aromatic rings. The molecule has 0 amide bonds. The number of hydrogen-bond acceptors (Lipinski definition) is 6. The van der Waals surface area contributed by atoms with Gasteiger partial charge in [0.05, 0.1) is 24.1 Å². The lowest BCUT2D eigenvalue weighted by molar-refractivity contribution is 0.0600. The standard InChI is InChI=1S/C16H18N4O2/c1-10-6-12(4-5-13(10)16(21)22-3)8-18-11(2)14-7-15(17)20-9-19-14/h4-7,9,18H,2,8H2,1,3H3,(H2,17,19,20). The molecule has 0 aliphatic rings. The third kappa shape index (κ3) is 3.60. The smallest absolute Gasteiger partial charge is 0.338 e. The van der Waals surface area contributed by atoms with Gasteiger partial charge in [-0.2, -0.15) is 0 Å². The van der Waals surface area contributed by atoms with Gasteiger partial charge in [-0.15, -0.1) is 0 Å². The van der Waals surface area contributed by atoms with Crippen LogP contribution < -0.4 is 11.1 Å². The number of esters is 1. The molecule has 0 radical (unpaired) electrons. The molecule has 22 heavy (non-hydrogen) atoms. The van der Waals surface area contributed by atoms with Crippen molar-refractivity contribution in [1.29, 1.82) is 0 Å². The van der Waals surface area contributed by atoms with E-state index in [2.05, 4.69) is 21.9 Å². The zero-order valence-electron chi connectivity index (χ0n) is 12.6. The van der Waals surface area contributed by atoms with E-state index in [1.807, 2.05) is 19.1 Å². The van der Waals surface area contributed by atoms with Gasteiger partial charge in [0.25, 0.3) is 0 Å². The fraction of sp³-hybridized carbons (Fsp3) is 0.188. The maximum absolute atomic E-state index is 11.6. The van der Waals surface area contributed by atoms with Crippen molar-refractivity contribution in [2.24, 2.45) is 0 Å². The molecule has 0 spiro atoms. The Hall–Kier alpha value is -2.89. The maximum atomic E-state index is 11.6. The van der Waals surface area contributed by atoms with Crippen LogP contribution in [0.5, 0.6) is 0 Å². The Balaban J connectivity index is 2.04. The molecule has 6 heteroatoms. The first-order valence-electron chi connectivity index (χ1n) is 6.69. The monoisotopic (exact) mass is 298 g/mol. The summed E-state index contributed by atoms with van der Waals surface area (Å²) in [6, 6.07) is 7.21. The molecule has 0 atom stereocenters. The van der Waals surface area contributed by atoms with E-state index < -0.39 is 0 Å². The van der Waals surface area contributed by atoms with Crippen LogP contribution in [0, 0.1) is 6.92 Å². The van der Waals surface area contributed by atoms with Crippen molar-refractivity contribution in [2.45, 2.75) is 13.5 Å². The van der Waals surface area contributed by atoms with Gasteiger partial charge < -0.3 is 15.8 Å². The lowest BCUT2D eigenvalue weighted by atomic mass is 10.1. The van der Waals surface area contributed by atoms with Crippen molar-refractivity contribution in [1.82, 2.24) is 15.3 Å². The molecule has 2 rings (SSSR count). The zero-order chi connectivity index (χ0) is 16.1. The zero-order valence-corrected chi connectivity index (χ0v) is 12.6.